The number of ether oxygens (including phenoxy) is 2. The molecule has 6 heteroatoms. The summed E-state index contributed by atoms with van der Waals surface area (Å²) in [7, 11) is 0. The molecule has 0 bridgehead atoms. The molecule has 5 rings (SSSR count). The van der Waals surface area contributed by atoms with Crippen LogP contribution in [0.3, 0.4) is 0 Å². The zero-order valence-electron chi connectivity index (χ0n) is 18.7. The highest BCUT2D eigenvalue weighted by Gasteiger charge is 2.28. The van der Waals surface area contributed by atoms with Crippen molar-refractivity contribution < 1.29 is 14.3 Å². The SMILES string of the molecule is O=C(NCCC=Cc1cnn([C@@H]2CCCCO2)c1)OCC1c2ccccc2-c2ccccc21. The van der Waals surface area contributed by atoms with E-state index in [4.69, 9.17) is 9.47 Å². The number of benzene rings is 2. The fraction of sp³-hybridized carbons (Fsp3) is 0.333. The van der Waals surface area contributed by atoms with Gasteiger partial charge in [-0.15, -0.1) is 0 Å². The van der Waals surface area contributed by atoms with Crippen molar-refractivity contribution in [3.63, 3.8) is 0 Å². The van der Waals surface area contributed by atoms with Gasteiger partial charge in [-0.1, -0.05) is 60.7 Å². The van der Waals surface area contributed by atoms with Crippen LogP contribution in [0.1, 0.15) is 54.5 Å². The van der Waals surface area contributed by atoms with Gasteiger partial charge in [0.1, 0.15) is 12.8 Å². The highest BCUT2D eigenvalue weighted by atomic mass is 16.5. The summed E-state index contributed by atoms with van der Waals surface area (Å²) in [4.78, 5) is 12.3. The van der Waals surface area contributed by atoms with Gasteiger partial charge in [0.2, 0.25) is 0 Å². The van der Waals surface area contributed by atoms with Gasteiger partial charge in [0.25, 0.3) is 0 Å². The zero-order chi connectivity index (χ0) is 22.5. The minimum atomic E-state index is -0.382. The average Bonchev–Trinajstić information content (AvgIpc) is 3.46. The lowest BCUT2D eigenvalue weighted by atomic mass is 9.98. The van der Waals surface area contributed by atoms with Crippen molar-refractivity contribution in [1.29, 1.82) is 0 Å². The molecule has 1 saturated heterocycles. The first kappa shape index (κ1) is 21.5. The van der Waals surface area contributed by atoms with E-state index >= 15 is 0 Å². The third-order valence-corrected chi connectivity index (χ3v) is 6.31. The molecule has 2 aliphatic rings. The number of hydrogen-bond acceptors (Lipinski definition) is 4. The summed E-state index contributed by atoms with van der Waals surface area (Å²) < 4.78 is 13.2. The Kier molecular flexibility index (Phi) is 6.53. The van der Waals surface area contributed by atoms with E-state index in [0.29, 0.717) is 13.2 Å². The van der Waals surface area contributed by atoms with Gasteiger partial charge in [0, 0.05) is 30.8 Å². The number of carbonyl (C=O) groups excluding carboxylic acids is 1. The second-order valence-electron chi connectivity index (χ2n) is 8.52. The van der Waals surface area contributed by atoms with E-state index in [0.717, 1.165) is 31.4 Å². The summed E-state index contributed by atoms with van der Waals surface area (Å²) in [5.41, 5.74) is 5.92. The van der Waals surface area contributed by atoms with Crippen LogP contribution in [0.2, 0.25) is 0 Å². The normalized spacial score (nSPS) is 17.6. The van der Waals surface area contributed by atoms with Crippen molar-refractivity contribution in [3.05, 3.63) is 83.7 Å². The Morgan fingerprint density at radius 1 is 1.12 bits per heavy atom. The van der Waals surface area contributed by atoms with Crippen LogP contribution < -0.4 is 5.32 Å². The number of nitrogens with zero attached hydrogens (tertiary/aromatic N) is 2. The molecule has 6 nitrogen and oxygen atoms in total. The van der Waals surface area contributed by atoms with E-state index in [1.54, 1.807) is 0 Å². The van der Waals surface area contributed by atoms with E-state index in [2.05, 4.69) is 34.7 Å². The van der Waals surface area contributed by atoms with Crippen molar-refractivity contribution in [2.75, 3.05) is 19.8 Å². The van der Waals surface area contributed by atoms with Crippen molar-refractivity contribution >= 4 is 12.2 Å². The Morgan fingerprint density at radius 3 is 2.61 bits per heavy atom. The van der Waals surface area contributed by atoms with Crippen LogP contribution in [0.25, 0.3) is 17.2 Å². The van der Waals surface area contributed by atoms with E-state index in [9.17, 15) is 4.79 Å². The molecule has 0 saturated carbocycles. The Bertz CT molecular complexity index is 1090. The fourth-order valence-corrected chi connectivity index (χ4v) is 4.66. The largest absolute Gasteiger partial charge is 0.449 e. The van der Waals surface area contributed by atoms with Crippen LogP contribution >= 0.6 is 0 Å². The summed E-state index contributed by atoms with van der Waals surface area (Å²) in [6.07, 6.45) is 11.6. The second-order valence-corrected chi connectivity index (χ2v) is 8.52. The topological polar surface area (TPSA) is 65.4 Å². The number of rotatable bonds is 7. The Labute approximate surface area is 194 Å². The number of nitrogens with one attached hydrogen (secondary N) is 1. The molecule has 0 spiro atoms. The zero-order valence-corrected chi connectivity index (χ0v) is 18.7. The number of fused-ring (bicyclic) bond motifs is 3. The average molecular weight is 444 g/mol. The lowest BCUT2D eigenvalue weighted by Crippen LogP contribution is -2.26. The highest BCUT2D eigenvalue weighted by molar-refractivity contribution is 5.79. The van der Waals surface area contributed by atoms with E-state index < -0.39 is 0 Å². The minimum absolute atomic E-state index is 0.0520. The number of aromatic nitrogens is 2. The predicted molar refractivity (Wildman–Crippen MR) is 128 cm³/mol. The van der Waals surface area contributed by atoms with Gasteiger partial charge in [-0.25, -0.2) is 9.48 Å². The molecular weight excluding hydrogens is 414 g/mol. The highest BCUT2D eigenvalue weighted by Crippen LogP contribution is 2.44. The van der Waals surface area contributed by atoms with E-state index in [1.807, 2.05) is 53.5 Å². The van der Waals surface area contributed by atoms with Crippen molar-refractivity contribution in [1.82, 2.24) is 15.1 Å². The summed E-state index contributed by atoms with van der Waals surface area (Å²) in [6.45, 7) is 1.66. The van der Waals surface area contributed by atoms with Gasteiger partial charge in [-0.3, -0.25) is 0 Å². The Morgan fingerprint density at radius 2 is 1.88 bits per heavy atom. The summed E-state index contributed by atoms with van der Waals surface area (Å²) in [5, 5.41) is 7.26. The van der Waals surface area contributed by atoms with Gasteiger partial charge in [0.15, 0.2) is 0 Å². The standard InChI is InChI=1S/C27H29N3O3/c31-27(28-15-7-5-9-20-17-29-30(18-20)26-14-6-8-16-32-26)33-19-25-23-12-3-1-10-21(23)22-11-2-4-13-24(22)25/h1-5,9-13,17-18,25-26H,6-8,14-16,19H2,(H,28,31)/t26-/m0/s1. The van der Waals surface area contributed by atoms with Crippen LogP contribution in [0.5, 0.6) is 0 Å². The summed E-state index contributed by atoms with van der Waals surface area (Å²) in [5.74, 6) is 0.0766. The van der Waals surface area contributed by atoms with Crippen molar-refractivity contribution in [2.45, 2.75) is 37.8 Å². The smallest absolute Gasteiger partial charge is 0.407 e. The molecule has 170 valence electrons. The van der Waals surface area contributed by atoms with Crippen molar-refractivity contribution in [3.8, 4) is 11.1 Å². The number of carbonyl (C=O) groups is 1. The first-order valence-electron chi connectivity index (χ1n) is 11.7. The molecule has 1 aliphatic heterocycles. The van der Waals surface area contributed by atoms with Crippen LogP contribution in [0.15, 0.2) is 67.0 Å². The predicted octanol–water partition coefficient (Wildman–Crippen LogP) is 5.52. The lowest BCUT2D eigenvalue weighted by molar-refractivity contribution is -0.0394. The molecule has 1 fully saturated rings. The minimum Gasteiger partial charge on any atom is -0.449 e. The molecule has 0 radical (unpaired) electrons. The molecular formula is C27H29N3O3. The molecule has 2 heterocycles. The maximum absolute atomic E-state index is 12.3. The molecule has 2 aromatic carbocycles. The van der Waals surface area contributed by atoms with Crippen LogP contribution in [0, 0.1) is 0 Å². The third-order valence-electron chi connectivity index (χ3n) is 6.31. The van der Waals surface area contributed by atoms with Crippen molar-refractivity contribution in [2.24, 2.45) is 0 Å². The molecule has 1 aromatic heterocycles. The van der Waals surface area contributed by atoms with Crippen LogP contribution in [0.4, 0.5) is 4.79 Å². The lowest BCUT2D eigenvalue weighted by Gasteiger charge is -2.22. The summed E-state index contributed by atoms with van der Waals surface area (Å²) >= 11 is 0. The Balaban J connectivity index is 1.07. The molecule has 33 heavy (non-hydrogen) atoms. The maximum atomic E-state index is 12.3. The maximum Gasteiger partial charge on any atom is 0.407 e. The quantitative estimate of drug-likeness (QED) is 0.488. The first-order valence-corrected chi connectivity index (χ1v) is 11.7. The van der Waals surface area contributed by atoms with Crippen LogP contribution in [-0.4, -0.2) is 35.6 Å². The van der Waals surface area contributed by atoms with Gasteiger partial charge in [-0.2, -0.15) is 5.10 Å². The molecule has 1 amide bonds. The van der Waals surface area contributed by atoms with Gasteiger partial charge >= 0.3 is 6.09 Å². The molecule has 1 atom stereocenters. The van der Waals surface area contributed by atoms with Gasteiger partial charge < -0.3 is 14.8 Å². The third kappa shape index (κ3) is 4.86. The van der Waals surface area contributed by atoms with E-state index in [-0.39, 0.29) is 18.2 Å². The monoisotopic (exact) mass is 443 g/mol. The summed E-state index contributed by atoms with van der Waals surface area (Å²) in [6, 6.07) is 16.7. The molecule has 1 N–H and O–H groups in total. The second kappa shape index (κ2) is 10.0. The molecule has 1 aliphatic carbocycles. The molecule has 0 unspecified atom stereocenters. The number of amides is 1. The first-order chi connectivity index (χ1) is 16.3. The van der Waals surface area contributed by atoms with Gasteiger partial charge in [-0.05, 0) is 47.9 Å². The van der Waals surface area contributed by atoms with Crippen LogP contribution in [-0.2, 0) is 9.47 Å². The van der Waals surface area contributed by atoms with Gasteiger partial charge in [0.05, 0.1) is 6.20 Å². The number of hydrogen-bond donors (Lipinski definition) is 1. The fourth-order valence-electron chi connectivity index (χ4n) is 4.66. The molecule has 3 aromatic rings. The number of alkyl carbamates (subject to hydrolysis) is 1. The van der Waals surface area contributed by atoms with E-state index in [1.165, 1.54) is 28.7 Å². The Hall–Kier alpha value is -3.38.